The highest BCUT2D eigenvalue weighted by atomic mass is 16.6. The molecular weight excluding hydrogens is 328 g/mol. The number of esters is 1. The first-order valence-electron chi connectivity index (χ1n) is 7.28. The van der Waals surface area contributed by atoms with Crippen molar-refractivity contribution in [2.24, 2.45) is 0 Å². The fourth-order valence-electron chi connectivity index (χ4n) is 2.60. The number of imide groups is 1. The maximum absolute atomic E-state index is 12.2. The van der Waals surface area contributed by atoms with E-state index in [0.717, 1.165) is 4.90 Å². The molecule has 0 fully saturated rings. The van der Waals surface area contributed by atoms with Gasteiger partial charge in [-0.25, -0.2) is 9.69 Å². The molecule has 0 aromatic heterocycles. The topological polar surface area (TPSA) is 107 Å². The number of carbonyl (C=O) groups is 3. The van der Waals surface area contributed by atoms with Crippen LogP contribution >= 0.6 is 0 Å². The van der Waals surface area contributed by atoms with Crippen LogP contribution in [0.4, 0.5) is 5.69 Å². The minimum absolute atomic E-state index is 0.00538. The van der Waals surface area contributed by atoms with Crippen LogP contribution in [-0.2, 0) is 4.74 Å². The number of ether oxygens (including phenoxy) is 1. The molecule has 0 saturated carbocycles. The van der Waals surface area contributed by atoms with Crippen LogP contribution in [0.3, 0.4) is 0 Å². The Bertz CT molecular complexity index is 886. The van der Waals surface area contributed by atoms with Crippen LogP contribution in [0.1, 0.15) is 36.6 Å². The predicted octanol–water partition coefficient (Wildman–Crippen LogP) is 2.31. The van der Waals surface area contributed by atoms with Crippen LogP contribution in [0.25, 0.3) is 0 Å². The first-order chi connectivity index (χ1) is 11.9. The highest BCUT2D eigenvalue weighted by Gasteiger charge is 2.36. The third-order valence-electron chi connectivity index (χ3n) is 3.92. The molecule has 0 unspecified atom stereocenters. The molecule has 0 spiro atoms. The fraction of sp³-hybridized carbons (Fsp3) is 0.118. The number of carbonyl (C=O) groups excluding carboxylic acids is 3. The average molecular weight is 340 g/mol. The molecule has 126 valence electrons. The summed E-state index contributed by atoms with van der Waals surface area (Å²) in [5, 5.41) is 10.9. The lowest BCUT2D eigenvalue weighted by molar-refractivity contribution is -0.385. The maximum Gasteiger partial charge on any atom is 0.340 e. The normalized spacial score (nSPS) is 12.9. The smallest absolute Gasteiger partial charge is 0.340 e. The summed E-state index contributed by atoms with van der Waals surface area (Å²) in [4.78, 5) is 47.7. The second kappa shape index (κ2) is 6.16. The largest absolute Gasteiger partial charge is 0.440 e. The summed E-state index contributed by atoms with van der Waals surface area (Å²) in [5.74, 6) is -1.95. The van der Waals surface area contributed by atoms with Crippen molar-refractivity contribution >= 4 is 23.5 Å². The van der Waals surface area contributed by atoms with Crippen molar-refractivity contribution in [2.45, 2.75) is 6.92 Å². The molecule has 8 heteroatoms. The van der Waals surface area contributed by atoms with Gasteiger partial charge in [0.05, 0.1) is 21.6 Å². The average Bonchev–Trinajstić information content (AvgIpc) is 2.84. The number of fused-ring (bicyclic) bond motifs is 1. The van der Waals surface area contributed by atoms with E-state index in [1.54, 1.807) is 12.1 Å². The van der Waals surface area contributed by atoms with Crippen LogP contribution < -0.4 is 0 Å². The van der Waals surface area contributed by atoms with E-state index in [0.29, 0.717) is 0 Å². The third-order valence-corrected chi connectivity index (χ3v) is 3.92. The van der Waals surface area contributed by atoms with E-state index < -0.39 is 29.4 Å². The molecule has 25 heavy (non-hydrogen) atoms. The van der Waals surface area contributed by atoms with Crippen molar-refractivity contribution in [1.82, 2.24) is 4.90 Å². The molecule has 3 rings (SSSR count). The molecule has 2 aromatic carbocycles. The third kappa shape index (κ3) is 2.74. The lowest BCUT2D eigenvalue weighted by Gasteiger charge is -2.14. The molecule has 1 aliphatic heterocycles. The zero-order valence-corrected chi connectivity index (χ0v) is 13.1. The molecule has 0 aliphatic carbocycles. The van der Waals surface area contributed by atoms with Gasteiger partial charge < -0.3 is 4.74 Å². The van der Waals surface area contributed by atoms with Gasteiger partial charge in [-0.2, -0.15) is 0 Å². The van der Waals surface area contributed by atoms with Gasteiger partial charge in [0, 0.05) is 11.6 Å². The molecule has 1 aliphatic rings. The van der Waals surface area contributed by atoms with Crippen molar-refractivity contribution in [2.75, 3.05) is 6.73 Å². The molecule has 0 radical (unpaired) electrons. The first kappa shape index (κ1) is 16.3. The fourth-order valence-corrected chi connectivity index (χ4v) is 2.60. The van der Waals surface area contributed by atoms with E-state index in [1.807, 2.05) is 0 Å². The van der Waals surface area contributed by atoms with Gasteiger partial charge in [-0.3, -0.25) is 19.7 Å². The van der Waals surface area contributed by atoms with Gasteiger partial charge in [0.2, 0.25) is 0 Å². The Morgan fingerprint density at radius 2 is 1.68 bits per heavy atom. The van der Waals surface area contributed by atoms with Crippen LogP contribution in [0, 0.1) is 17.0 Å². The molecule has 0 saturated heterocycles. The minimum atomic E-state index is -0.849. The molecule has 0 atom stereocenters. The van der Waals surface area contributed by atoms with Gasteiger partial charge >= 0.3 is 5.97 Å². The van der Waals surface area contributed by atoms with Gasteiger partial charge in [0.15, 0.2) is 6.73 Å². The summed E-state index contributed by atoms with van der Waals surface area (Å²) >= 11 is 0. The Kier molecular flexibility index (Phi) is 4.02. The molecule has 0 bridgehead atoms. The zero-order chi connectivity index (χ0) is 18.1. The lowest BCUT2D eigenvalue weighted by atomic mass is 10.1. The molecule has 8 nitrogen and oxygen atoms in total. The Morgan fingerprint density at radius 3 is 2.24 bits per heavy atom. The number of benzene rings is 2. The summed E-state index contributed by atoms with van der Waals surface area (Å²) in [5.41, 5.74) is 0.436. The van der Waals surface area contributed by atoms with E-state index in [1.165, 1.54) is 37.3 Å². The minimum Gasteiger partial charge on any atom is -0.440 e. The molecule has 2 aromatic rings. The van der Waals surface area contributed by atoms with Crippen molar-refractivity contribution in [3.63, 3.8) is 0 Å². The van der Waals surface area contributed by atoms with Gasteiger partial charge in [-0.1, -0.05) is 18.2 Å². The number of rotatable bonds is 4. The number of amides is 2. The van der Waals surface area contributed by atoms with Crippen LogP contribution in [0.15, 0.2) is 42.5 Å². The zero-order valence-electron chi connectivity index (χ0n) is 13.1. The maximum atomic E-state index is 12.2. The van der Waals surface area contributed by atoms with Crippen molar-refractivity contribution in [3.05, 3.63) is 74.8 Å². The van der Waals surface area contributed by atoms with Crippen LogP contribution in [0.5, 0.6) is 0 Å². The van der Waals surface area contributed by atoms with Gasteiger partial charge in [0.25, 0.3) is 17.5 Å². The highest BCUT2D eigenvalue weighted by Crippen LogP contribution is 2.24. The SMILES string of the molecule is Cc1c(C(=O)OCN2C(=O)c3ccccc3C2=O)cccc1[N+](=O)[O-]. The first-order valence-corrected chi connectivity index (χ1v) is 7.28. The highest BCUT2D eigenvalue weighted by molar-refractivity contribution is 6.21. The van der Waals surface area contributed by atoms with Crippen molar-refractivity contribution in [3.8, 4) is 0 Å². The monoisotopic (exact) mass is 340 g/mol. The summed E-state index contributed by atoms with van der Waals surface area (Å²) in [6, 6.07) is 10.3. The van der Waals surface area contributed by atoms with E-state index in [4.69, 9.17) is 4.74 Å². The van der Waals surface area contributed by atoms with Gasteiger partial charge in [0.1, 0.15) is 0 Å². The predicted molar refractivity (Wildman–Crippen MR) is 85.1 cm³/mol. The number of nitro groups is 1. The number of hydrogen-bond acceptors (Lipinski definition) is 6. The molecule has 2 amide bonds. The number of nitrogens with zero attached hydrogens (tertiary/aromatic N) is 2. The van der Waals surface area contributed by atoms with Crippen LogP contribution in [0.2, 0.25) is 0 Å². The Hall–Kier alpha value is -3.55. The molecule has 1 heterocycles. The second-order valence-electron chi connectivity index (χ2n) is 5.35. The van der Waals surface area contributed by atoms with E-state index in [9.17, 15) is 24.5 Å². The summed E-state index contributed by atoms with van der Waals surface area (Å²) in [6.45, 7) is 0.865. The summed E-state index contributed by atoms with van der Waals surface area (Å²) in [7, 11) is 0. The number of nitro benzene ring substituents is 1. The van der Waals surface area contributed by atoms with Crippen LogP contribution in [-0.4, -0.2) is 34.3 Å². The quantitative estimate of drug-likeness (QED) is 0.366. The molecular formula is C17H12N2O6. The van der Waals surface area contributed by atoms with E-state index in [2.05, 4.69) is 0 Å². The molecule has 0 N–H and O–H groups in total. The summed E-state index contributed by atoms with van der Waals surface area (Å²) in [6.07, 6.45) is 0. The summed E-state index contributed by atoms with van der Waals surface area (Å²) < 4.78 is 5.02. The number of hydrogen-bond donors (Lipinski definition) is 0. The standard InChI is InChI=1S/C17H12N2O6/c1-10-11(7-4-8-14(10)19(23)24)17(22)25-9-18-15(20)12-5-2-3-6-13(12)16(18)21/h2-8H,9H2,1H3. The van der Waals surface area contributed by atoms with Gasteiger partial charge in [-0.15, -0.1) is 0 Å². The van der Waals surface area contributed by atoms with Crippen molar-refractivity contribution in [1.29, 1.82) is 0 Å². The Labute approximate surface area is 141 Å². The second-order valence-corrected chi connectivity index (χ2v) is 5.35. The van der Waals surface area contributed by atoms with E-state index in [-0.39, 0.29) is 27.9 Å². The van der Waals surface area contributed by atoms with Gasteiger partial charge in [-0.05, 0) is 25.1 Å². The lowest BCUT2D eigenvalue weighted by Crippen LogP contribution is -2.33. The Balaban J connectivity index is 1.76. The Morgan fingerprint density at radius 1 is 1.08 bits per heavy atom. The van der Waals surface area contributed by atoms with Crippen molar-refractivity contribution < 1.29 is 24.0 Å². The van der Waals surface area contributed by atoms with E-state index >= 15 is 0 Å².